The molecule has 5 heteroatoms. The van der Waals surface area contributed by atoms with Crippen molar-refractivity contribution < 1.29 is 19.0 Å². The number of carbonyl (C=O) groups is 1. The highest BCUT2D eigenvalue weighted by atomic mass is 16.5. The van der Waals surface area contributed by atoms with Crippen molar-refractivity contribution in [3.63, 3.8) is 0 Å². The zero-order valence-corrected chi connectivity index (χ0v) is 11.5. The van der Waals surface area contributed by atoms with Gasteiger partial charge in [-0.2, -0.15) is 0 Å². The fourth-order valence-electron chi connectivity index (χ4n) is 1.74. The van der Waals surface area contributed by atoms with E-state index in [-0.39, 0.29) is 5.78 Å². The van der Waals surface area contributed by atoms with Crippen LogP contribution in [0.4, 0.5) is 0 Å². The second-order valence-electron chi connectivity index (χ2n) is 4.00. The Hall–Kier alpha value is -2.56. The highest BCUT2D eigenvalue weighted by molar-refractivity contribution is 6.08. The lowest BCUT2D eigenvalue weighted by Crippen LogP contribution is -2.05. The molecule has 1 heterocycles. The van der Waals surface area contributed by atoms with Gasteiger partial charge in [-0.3, -0.25) is 4.79 Å². The maximum Gasteiger partial charge on any atom is 0.213 e. The number of rotatable bonds is 5. The van der Waals surface area contributed by atoms with Crippen molar-refractivity contribution in [2.75, 3.05) is 21.3 Å². The molecule has 2 aromatic rings. The smallest absolute Gasteiger partial charge is 0.213 e. The molecule has 0 fully saturated rings. The second-order valence-corrected chi connectivity index (χ2v) is 4.00. The van der Waals surface area contributed by atoms with Crippen LogP contribution in [0.25, 0.3) is 0 Å². The summed E-state index contributed by atoms with van der Waals surface area (Å²) < 4.78 is 15.3. The average Bonchev–Trinajstić information content (AvgIpc) is 2.53. The van der Waals surface area contributed by atoms with Crippen molar-refractivity contribution >= 4 is 5.78 Å². The molecule has 0 aliphatic heterocycles. The third-order valence-electron chi connectivity index (χ3n) is 2.78. The Kier molecular flexibility index (Phi) is 4.20. The van der Waals surface area contributed by atoms with Gasteiger partial charge in [0.15, 0.2) is 0 Å². The highest BCUT2D eigenvalue weighted by Gasteiger charge is 2.14. The van der Waals surface area contributed by atoms with E-state index in [1.807, 2.05) is 0 Å². The number of carbonyl (C=O) groups excluding carboxylic acids is 1. The highest BCUT2D eigenvalue weighted by Crippen LogP contribution is 2.24. The van der Waals surface area contributed by atoms with Gasteiger partial charge in [-0.1, -0.05) is 6.07 Å². The minimum Gasteiger partial charge on any atom is -0.497 e. The molecule has 0 aliphatic carbocycles. The fraction of sp³-hybridized carbons (Fsp3) is 0.200. The van der Waals surface area contributed by atoms with Crippen molar-refractivity contribution in [1.82, 2.24) is 4.98 Å². The summed E-state index contributed by atoms with van der Waals surface area (Å²) in [5.74, 6) is 1.28. The van der Waals surface area contributed by atoms with E-state index in [2.05, 4.69) is 4.98 Å². The summed E-state index contributed by atoms with van der Waals surface area (Å²) in [6, 6.07) is 10.0. The van der Waals surface area contributed by atoms with E-state index in [1.165, 1.54) is 21.3 Å². The maximum atomic E-state index is 12.4. The number of hydrogen-bond acceptors (Lipinski definition) is 5. The molecule has 0 N–H and O–H groups in total. The largest absolute Gasteiger partial charge is 0.497 e. The Morgan fingerprint density at radius 3 is 2.15 bits per heavy atom. The number of methoxy groups -OCH3 is 3. The molecular formula is C15H15NO4. The molecule has 0 bridgehead atoms. The Bertz CT molecular complexity index is 603. The summed E-state index contributed by atoms with van der Waals surface area (Å²) >= 11 is 0. The molecular weight excluding hydrogens is 258 g/mol. The monoisotopic (exact) mass is 273 g/mol. The molecule has 2 rings (SSSR count). The predicted octanol–water partition coefficient (Wildman–Crippen LogP) is 2.34. The molecule has 0 aliphatic rings. The standard InChI is InChI=1S/C15H15NO4/c1-18-11-7-10(8-12(9-11)19-2)15(17)13-5-4-6-14(16-13)20-3/h4-9H,1-3H3. The summed E-state index contributed by atoms with van der Waals surface area (Å²) in [6.45, 7) is 0. The number of ketones is 1. The molecule has 5 nitrogen and oxygen atoms in total. The van der Waals surface area contributed by atoms with Gasteiger partial charge in [0, 0.05) is 17.7 Å². The van der Waals surface area contributed by atoms with Crippen LogP contribution in [0.2, 0.25) is 0 Å². The Morgan fingerprint density at radius 2 is 1.60 bits per heavy atom. The van der Waals surface area contributed by atoms with Gasteiger partial charge < -0.3 is 14.2 Å². The van der Waals surface area contributed by atoms with Crippen LogP contribution in [0, 0.1) is 0 Å². The van der Waals surface area contributed by atoms with Gasteiger partial charge in [-0.15, -0.1) is 0 Å². The van der Waals surface area contributed by atoms with Gasteiger partial charge >= 0.3 is 0 Å². The summed E-state index contributed by atoms with van der Waals surface area (Å²) in [6.07, 6.45) is 0. The zero-order valence-electron chi connectivity index (χ0n) is 11.5. The Morgan fingerprint density at radius 1 is 0.950 bits per heavy atom. The summed E-state index contributed by atoms with van der Waals surface area (Å²) in [7, 11) is 4.57. The van der Waals surface area contributed by atoms with Crippen LogP contribution < -0.4 is 14.2 Å². The first-order valence-corrected chi connectivity index (χ1v) is 5.96. The van der Waals surface area contributed by atoms with E-state index in [1.54, 1.807) is 36.4 Å². The van der Waals surface area contributed by atoms with Crippen LogP contribution in [-0.4, -0.2) is 32.1 Å². The number of hydrogen-bond donors (Lipinski definition) is 0. The van der Waals surface area contributed by atoms with Crippen molar-refractivity contribution in [3.8, 4) is 17.4 Å². The number of aromatic nitrogens is 1. The van der Waals surface area contributed by atoms with Gasteiger partial charge in [0.05, 0.1) is 21.3 Å². The molecule has 0 spiro atoms. The van der Waals surface area contributed by atoms with E-state index in [0.29, 0.717) is 28.6 Å². The van der Waals surface area contributed by atoms with Crippen LogP contribution in [0.1, 0.15) is 16.1 Å². The van der Waals surface area contributed by atoms with Crippen molar-refractivity contribution in [2.24, 2.45) is 0 Å². The quantitative estimate of drug-likeness (QED) is 0.783. The molecule has 0 saturated heterocycles. The summed E-state index contributed by atoms with van der Waals surface area (Å²) in [4.78, 5) is 16.5. The Balaban J connectivity index is 2.41. The van der Waals surface area contributed by atoms with E-state index in [9.17, 15) is 4.79 Å². The SMILES string of the molecule is COc1cc(OC)cc(C(=O)c2cccc(OC)n2)c1. The first kappa shape index (κ1) is 13.9. The van der Waals surface area contributed by atoms with Crippen molar-refractivity contribution in [2.45, 2.75) is 0 Å². The topological polar surface area (TPSA) is 57.7 Å². The number of ether oxygens (including phenoxy) is 3. The molecule has 104 valence electrons. The summed E-state index contributed by atoms with van der Waals surface area (Å²) in [5, 5.41) is 0. The maximum absolute atomic E-state index is 12.4. The molecule has 0 saturated carbocycles. The van der Waals surface area contributed by atoms with Gasteiger partial charge in [0.25, 0.3) is 0 Å². The second kappa shape index (κ2) is 6.06. The van der Waals surface area contributed by atoms with Crippen LogP contribution in [0.5, 0.6) is 17.4 Å². The molecule has 0 amide bonds. The Labute approximate surface area is 117 Å². The van der Waals surface area contributed by atoms with Crippen LogP contribution in [0.15, 0.2) is 36.4 Å². The lowest BCUT2D eigenvalue weighted by molar-refractivity contribution is 0.103. The van der Waals surface area contributed by atoms with Crippen LogP contribution >= 0.6 is 0 Å². The zero-order chi connectivity index (χ0) is 14.5. The normalized spacial score (nSPS) is 9.95. The molecule has 0 unspecified atom stereocenters. The molecule has 0 atom stereocenters. The molecule has 1 aromatic heterocycles. The van der Waals surface area contributed by atoms with Crippen LogP contribution in [0.3, 0.4) is 0 Å². The van der Waals surface area contributed by atoms with E-state index < -0.39 is 0 Å². The number of pyridine rings is 1. The van der Waals surface area contributed by atoms with Gasteiger partial charge in [-0.05, 0) is 18.2 Å². The third-order valence-corrected chi connectivity index (χ3v) is 2.78. The van der Waals surface area contributed by atoms with Crippen LogP contribution in [-0.2, 0) is 0 Å². The lowest BCUT2D eigenvalue weighted by atomic mass is 10.1. The van der Waals surface area contributed by atoms with E-state index in [4.69, 9.17) is 14.2 Å². The number of benzene rings is 1. The lowest BCUT2D eigenvalue weighted by Gasteiger charge is -2.08. The minimum atomic E-state index is -0.221. The summed E-state index contributed by atoms with van der Waals surface area (Å²) in [5.41, 5.74) is 0.751. The van der Waals surface area contributed by atoms with Crippen molar-refractivity contribution in [3.05, 3.63) is 47.7 Å². The first-order chi connectivity index (χ1) is 9.67. The number of nitrogens with zero attached hydrogens (tertiary/aromatic N) is 1. The van der Waals surface area contributed by atoms with Crippen molar-refractivity contribution in [1.29, 1.82) is 0 Å². The molecule has 0 radical (unpaired) electrons. The van der Waals surface area contributed by atoms with Gasteiger partial charge in [-0.25, -0.2) is 4.98 Å². The van der Waals surface area contributed by atoms with E-state index in [0.717, 1.165) is 0 Å². The molecule has 20 heavy (non-hydrogen) atoms. The van der Waals surface area contributed by atoms with E-state index >= 15 is 0 Å². The van der Waals surface area contributed by atoms with Gasteiger partial charge in [0.1, 0.15) is 17.2 Å². The average molecular weight is 273 g/mol. The minimum absolute atomic E-state index is 0.221. The first-order valence-electron chi connectivity index (χ1n) is 5.96. The van der Waals surface area contributed by atoms with Gasteiger partial charge in [0.2, 0.25) is 11.7 Å². The predicted molar refractivity (Wildman–Crippen MR) is 73.8 cm³/mol. The third kappa shape index (κ3) is 2.88. The fourth-order valence-corrected chi connectivity index (χ4v) is 1.74. The molecule has 1 aromatic carbocycles.